The van der Waals surface area contributed by atoms with Crippen molar-refractivity contribution in [1.82, 2.24) is 0 Å². The highest BCUT2D eigenvalue weighted by Gasteiger charge is 2.11. The van der Waals surface area contributed by atoms with Crippen LogP contribution in [0, 0.1) is 0 Å². The minimum Gasteiger partial charge on any atom is -0.493 e. The average molecular weight is 315 g/mol. The molecule has 5 nitrogen and oxygen atoms in total. The Labute approximate surface area is 129 Å². The van der Waals surface area contributed by atoms with Crippen LogP contribution in [0.15, 0.2) is 18.2 Å². The molecule has 6 heteroatoms. The van der Waals surface area contributed by atoms with Crippen molar-refractivity contribution in [2.45, 2.75) is 13.3 Å². The monoisotopic (exact) mass is 314 g/mol. The van der Waals surface area contributed by atoms with Gasteiger partial charge in [0, 0.05) is 29.3 Å². The summed E-state index contributed by atoms with van der Waals surface area (Å²) in [5.74, 6) is -0.159. The molecular formula is C15H19ClO5. The topological polar surface area (TPSA) is 65.0 Å². The molecule has 0 aliphatic rings. The van der Waals surface area contributed by atoms with E-state index in [1.54, 1.807) is 12.1 Å². The minimum atomic E-state index is -1.05. The van der Waals surface area contributed by atoms with E-state index in [2.05, 4.69) is 0 Å². The maximum Gasteiger partial charge on any atom is 0.328 e. The molecule has 0 unspecified atom stereocenters. The summed E-state index contributed by atoms with van der Waals surface area (Å²) < 4.78 is 16.2. The third-order valence-electron chi connectivity index (χ3n) is 2.50. The molecule has 0 fully saturated rings. The van der Waals surface area contributed by atoms with E-state index in [0.717, 1.165) is 12.5 Å². The Hall–Kier alpha value is -1.72. The van der Waals surface area contributed by atoms with E-state index in [1.165, 1.54) is 13.2 Å². The molecule has 0 saturated carbocycles. The van der Waals surface area contributed by atoms with E-state index in [0.29, 0.717) is 41.9 Å². The SMILES string of the molecule is CCCOCCOc1c(/C=C/C(=O)O)cc(Cl)cc1OC. The van der Waals surface area contributed by atoms with E-state index in [9.17, 15) is 4.79 Å². The number of rotatable bonds is 9. The Morgan fingerprint density at radius 1 is 1.33 bits per heavy atom. The number of hydrogen-bond acceptors (Lipinski definition) is 4. The molecule has 116 valence electrons. The molecule has 1 N–H and O–H groups in total. The van der Waals surface area contributed by atoms with E-state index in [1.807, 2.05) is 6.92 Å². The lowest BCUT2D eigenvalue weighted by atomic mass is 10.1. The third-order valence-corrected chi connectivity index (χ3v) is 2.71. The van der Waals surface area contributed by atoms with E-state index in [4.69, 9.17) is 30.9 Å². The zero-order valence-electron chi connectivity index (χ0n) is 12.1. The number of aliphatic carboxylic acids is 1. The number of hydrogen-bond donors (Lipinski definition) is 1. The van der Waals surface area contributed by atoms with Gasteiger partial charge in [0.1, 0.15) is 6.61 Å². The lowest BCUT2D eigenvalue weighted by Crippen LogP contribution is -2.08. The van der Waals surface area contributed by atoms with Gasteiger partial charge in [-0.3, -0.25) is 0 Å². The molecule has 0 atom stereocenters. The summed E-state index contributed by atoms with van der Waals surface area (Å²) >= 11 is 5.98. The maximum absolute atomic E-state index is 10.6. The largest absolute Gasteiger partial charge is 0.493 e. The Bertz CT molecular complexity index is 499. The van der Waals surface area contributed by atoms with Gasteiger partial charge in [0.05, 0.1) is 13.7 Å². The summed E-state index contributed by atoms with van der Waals surface area (Å²) in [6.45, 7) is 3.48. The molecule has 0 aliphatic heterocycles. The van der Waals surface area contributed by atoms with Gasteiger partial charge in [-0.1, -0.05) is 18.5 Å². The van der Waals surface area contributed by atoms with Crippen molar-refractivity contribution in [3.05, 3.63) is 28.8 Å². The van der Waals surface area contributed by atoms with Crippen molar-refractivity contribution >= 4 is 23.6 Å². The number of ether oxygens (including phenoxy) is 3. The molecule has 0 aromatic heterocycles. The summed E-state index contributed by atoms with van der Waals surface area (Å²) in [6, 6.07) is 3.23. The fourth-order valence-electron chi connectivity index (χ4n) is 1.63. The quantitative estimate of drug-likeness (QED) is 0.560. The zero-order chi connectivity index (χ0) is 15.7. The first-order valence-corrected chi connectivity index (χ1v) is 6.95. The van der Waals surface area contributed by atoms with Gasteiger partial charge in [0.25, 0.3) is 0 Å². The van der Waals surface area contributed by atoms with Crippen molar-refractivity contribution in [2.24, 2.45) is 0 Å². The van der Waals surface area contributed by atoms with E-state index < -0.39 is 5.97 Å². The molecule has 1 aromatic rings. The molecule has 0 bridgehead atoms. The van der Waals surface area contributed by atoms with Gasteiger partial charge in [0.2, 0.25) is 0 Å². The molecule has 0 saturated heterocycles. The Morgan fingerprint density at radius 3 is 2.71 bits per heavy atom. The van der Waals surface area contributed by atoms with Crippen LogP contribution >= 0.6 is 11.6 Å². The molecule has 1 rings (SSSR count). The fraction of sp³-hybridized carbons (Fsp3) is 0.400. The van der Waals surface area contributed by atoms with Gasteiger partial charge in [-0.2, -0.15) is 0 Å². The molecule has 0 amide bonds. The summed E-state index contributed by atoms with van der Waals surface area (Å²) in [7, 11) is 1.50. The molecule has 0 radical (unpaired) electrons. The van der Waals surface area contributed by atoms with Crippen molar-refractivity contribution in [2.75, 3.05) is 26.9 Å². The van der Waals surface area contributed by atoms with E-state index >= 15 is 0 Å². The standard InChI is InChI=1S/C15H19ClO5/c1-3-6-20-7-8-21-15-11(4-5-14(17)18)9-12(16)10-13(15)19-2/h4-5,9-10H,3,6-8H2,1-2H3,(H,17,18)/b5-4+. The minimum absolute atomic E-state index is 0.339. The summed E-state index contributed by atoms with van der Waals surface area (Å²) in [5.41, 5.74) is 0.539. The number of methoxy groups -OCH3 is 1. The number of halogens is 1. The van der Waals surface area contributed by atoms with Gasteiger partial charge >= 0.3 is 5.97 Å². The molecular weight excluding hydrogens is 296 g/mol. The van der Waals surface area contributed by atoms with Gasteiger partial charge in [-0.15, -0.1) is 0 Å². The van der Waals surface area contributed by atoms with Gasteiger partial charge in [-0.05, 0) is 18.6 Å². The highest BCUT2D eigenvalue weighted by Crippen LogP contribution is 2.35. The zero-order valence-corrected chi connectivity index (χ0v) is 12.9. The fourth-order valence-corrected chi connectivity index (χ4v) is 1.85. The number of benzene rings is 1. The molecule has 21 heavy (non-hydrogen) atoms. The molecule has 0 heterocycles. The van der Waals surface area contributed by atoms with Crippen LogP contribution in [0.5, 0.6) is 11.5 Å². The molecule has 1 aromatic carbocycles. The van der Waals surface area contributed by atoms with Crippen molar-refractivity contribution in [1.29, 1.82) is 0 Å². The van der Waals surface area contributed by atoms with Crippen molar-refractivity contribution < 1.29 is 24.1 Å². The summed E-state index contributed by atoms with van der Waals surface area (Å²) in [5, 5.41) is 9.16. The van der Waals surface area contributed by atoms with Crippen LogP contribution in [0.3, 0.4) is 0 Å². The number of carboxylic acid groups (broad SMARTS) is 1. The molecule has 0 aliphatic carbocycles. The number of carbonyl (C=O) groups is 1. The lowest BCUT2D eigenvalue weighted by molar-refractivity contribution is -0.131. The van der Waals surface area contributed by atoms with Gasteiger partial charge < -0.3 is 19.3 Å². The predicted molar refractivity (Wildman–Crippen MR) is 81.3 cm³/mol. The molecule has 0 spiro atoms. The van der Waals surface area contributed by atoms with Crippen LogP contribution in [0.1, 0.15) is 18.9 Å². The summed E-state index contributed by atoms with van der Waals surface area (Å²) in [4.78, 5) is 10.6. The third kappa shape index (κ3) is 6.06. The normalized spacial score (nSPS) is 10.8. The lowest BCUT2D eigenvalue weighted by Gasteiger charge is -2.14. The maximum atomic E-state index is 10.6. The van der Waals surface area contributed by atoms with Crippen LogP contribution in [-0.4, -0.2) is 38.0 Å². The van der Waals surface area contributed by atoms with Crippen molar-refractivity contribution in [3.8, 4) is 11.5 Å². The van der Waals surface area contributed by atoms with Crippen molar-refractivity contribution in [3.63, 3.8) is 0 Å². The Morgan fingerprint density at radius 2 is 2.10 bits per heavy atom. The van der Waals surface area contributed by atoms with Crippen LogP contribution in [0.25, 0.3) is 6.08 Å². The first kappa shape index (κ1) is 17.3. The Kier molecular flexibility index (Phi) is 7.64. The average Bonchev–Trinajstić information content (AvgIpc) is 2.45. The van der Waals surface area contributed by atoms with Crippen LogP contribution in [0.4, 0.5) is 0 Å². The predicted octanol–water partition coefficient (Wildman–Crippen LogP) is 3.25. The van der Waals surface area contributed by atoms with Crippen LogP contribution in [-0.2, 0) is 9.53 Å². The second kappa shape index (κ2) is 9.26. The Balaban J connectivity index is 2.89. The number of carboxylic acids is 1. The smallest absolute Gasteiger partial charge is 0.328 e. The summed E-state index contributed by atoms with van der Waals surface area (Å²) in [6.07, 6.45) is 3.38. The second-order valence-electron chi connectivity index (χ2n) is 4.16. The first-order chi connectivity index (χ1) is 10.1. The van der Waals surface area contributed by atoms with Crippen LogP contribution in [0.2, 0.25) is 5.02 Å². The van der Waals surface area contributed by atoms with Gasteiger partial charge in [0.15, 0.2) is 11.5 Å². The first-order valence-electron chi connectivity index (χ1n) is 6.57. The highest BCUT2D eigenvalue weighted by atomic mass is 35.5. The van der Waals surface area contributed by atoms with Crippen LogP contribution < -0.4 is 9.47 Å². The van der Waals surface area contributed by atoms with Gasteiger partial charge in [-0.25, -0.2) is 4.79 Å². The van der Waals surface area contributed by atoms with E-state index in [-0.39, 0.29) is 0 Å². The second-order valence-corrected chi connectivity index (χ2v) is 4.60. The highest BCUT2D eigenvalue weighted by molar-refractivity contribution is 6.31.